The number of aromatic hydroxyl groups is 1. The second-order valence-corrected chi connectivity index (χ2v) is 6.97. The van der Waals surface area contributed by atoms with E-state index in [1.54, 1.807) is 24.4 Å². The van der Waals surface area contributed by atoms with E-state index in [0.29, 0.717) is 14.5 Å². The molecule has 2 rings (SSSR count). The van der Waals surface area contributed by atoms with Crippen LogP contribution < -0.4 is 11.0 Å². The molecule has 0 aliphatic carbocycles. The highest BCUT2D eigenvalue weighted by atomic mass is 79.9. The lowest BCUT2D eigenvalue weighted by Crippen LogP contribution is -2.31. The van der Waals surface area contributed by atoms with Crippen molar-refractivity contribution in [3.05, 3.63) is 60.9 Å². The van der Waals surface area contributed by atoms with Crippen molar-refractivity contribution in [3.8, 4) is 5.75 Å². The largest absolute Gasteiger partial charge is 0.506 e. The second kappa shape index (κ2) is 7.76. The van der Waals surface area contributed by atoms with Crippen LogP contribution in [0.3, 0.4) is 0 Å². The van der Waals surface area contributed by atoms with Gasteiger partial charge in [0.05, 0.1) is 15.2 Å². The monoisotopic (exact) mass is 455 g/mol. The summed E-state index contributed by atoms with van der Waals surface area (Å²) in [7, 11) is 0. The first kappa shape index (κ1) is 18.4. The number of halogens is 2. The lowest BCUT2D eigenvalue weighted by molar-refractivity contribution is 0.0953. The molecular formula is C16H15Br2N3O3. The van der Waals surface area contributed by atoms with Crippen LogP contribution in [0.5, 0.6) is 5.75 Å². The molecule has 0 spiro atoms. The minimum absolute atomic E-state index is 0.0245. The molecule has 0 fully saturated rings. The minimum atomic E-state index is -0.580. The van der Waals surface area contributed by atoms with Gasteiger partial charge in [-0.25, -0.2) is 5.43 Å². The average Bonchev–Trinajstić information content (AvgIpc) is 2.52. The van der Waals surface area contributed by atoms with Crippen molar-refractivity contribution >= 4 is 44.0 Å². The zero-order valence-corrected chi connectivity index (χ0v) is 16.1. The molecule has 126 valence electrons. The standard InChI is InChI=1S/C16H15Br2N3O3/c1-9(2)21-5-3-4-11(16(21)24)15(23)20-19-8-10-6-12(17)14(22)13(18)7-10/h3-9,22H,1-2H3,(H,20,23)/b19-8-. The summed E-state index contributed by atoms with van der Waals surface area (Å²) >= 11 is 6.42. The molecule has 1 heterocycles. The van der Waals surface area contributed by atoms with Gasteiger partial charge in [-0.15, -0.1) is 0 Å². The smallest absolute Gasteiger partial charge is 0.276 e. The molecule has 0 saturated carbocycles. The van der Waals surface area contributed by atoms with E-state index >= 15 is 0 Å². The van der Waals surface area contributed by atoms with E-state index in [-0.39, 0.29) is 22.9 Å². The Kier molecular flexibility index (Phi) is 5.95. The summed E-state index contributed by atoms with van der Waals surface area (Å²) in [6.45, 7) is 3.73. The van der Waals surface area contributed by atoms with E-state index in [2.05, 4.69) is 42.4 Å². The number of phenols is 1. The van der Waals surface area contributed by atoms with Crippen molar-refractivity contribution < 1.29 is 9.90 Å². The molecule has 6 nitrogen and oxygen atoms in total. The quantitative estimate of drug-likeness (QED) is 0.546. The number of rotatable bonds is 4. The third kappa shape index (κ3) is 4.12. The van der Waals surface area contributed by atoms with Crippen LogP contribution in [-0.2, 0) is 0 Å². The highest BCUT2D eigenvalue weighted by molar-refractivity contribution is 9.11. The molecule has 1 aromatic heterocycles. The van der Waals surface area contributed by atoms with Crippen molar-refractivity contribution in [3.63, 3.8) is 0 Å². The normalized spacial score (nSPS) is 11.2. The van der Waals surface area contributed by atoms with Gasteiger partial charge in [0.15, 0.2) is 0 Å². The van der Waals surface area contributed by atoms with Gasteiger partial charge in [0.2, 0.25) is 0 Å². The van der Waals surface area contributed by atoms with Gasteiger partial charge in [-0.2, -0.15) is 5.10 Å². The predicted octanol–water partition coefficient (Wildman–Crippen LogP) is 3.42. The number of nitrogens with one attached hydrogen (secondary N) is 1. The van der Waals surface area contributed by atoms with E-state index < -0.39 is 5.91 Å². The van der Waals surface area contributed by atoms with Crippen molar-refractivity contribution in [2.24, 2.45) is 5.10 Å². The fourth-order valence-electron chi connectivity index (χ4n) is 1.97. The summed E-state index contributed by atoms with van der Waals surface area (Å²) in [5.74, 6) is -0.502. The van der Waals surface area contributed by atoms with Gasteiger partial charge in [-0.05, 0) is 75.5 Å². The predicted molar refractivity (Wildman–Crippen MR) is 99.7 cm³/mol. The van der Waals surface area contributed by atoms with Gasteiger partial charge in [0.1, 0.15) is 11.3 Å². The van der Waals surface area contributed by atoms with Crippen molar-refractivity contribution in [2.75, 3.05) is 0 Å². The molecule has 0 atom stereocenters. The summed E-state index contributed by atoms with van der Waals surface area (Å²) in [5, 5.41) is 13.5. The first-order valence-corrected chi connectivity index (χ1v) is 8.62. The Morgan fingerprint density at radius 2 is 1.96 bits per heavy atom. The van der Waals surface area contributed by atoms with Crippen LogP contribution in [0.4, 0.5) is 0 Å². The topological polar surface area (TPSA) is 83.7 Å². The Morgan fingerprint density at radius 1 is 1.33 bits per heavy atom. The van der Waals surface area contributed by atoms with Crippen molar-refractivity contribution in [1.82, 2.24) is 9.99 Å². The number of nitrogens with zero attached hydrogens (tertiary/aromatic N) is 2. The zero-order chi connectivity index (χ0) is 17.9. The Hall–Kier alpha value is -1.93. The number of hydrogen-bond donors (Lipinski definition) is 2. The van der Waals surface area contributed by atoms with Crippen molar-refractivity contribution in [1.29, 1.82) is 0 Å². The number of aromatic nitrogens is 1. The number of phenolic OH excluding ortho intramolecular Hbond substituents is 1. The number of benzene rings is 1. The fourth-order valence-corrected chi connectivity index (χ4v) is 3.20. The highest BCUT2D eigenvalue weighted by Crippen LogP contribution is 2.32. The van der Waals surface area contributed by atoms with Gasteiger partial charge in [-0.1, -0.05) is 0 Å². The summed E-state index contributed by atoms with van der Waals surface area (Å²) < 4.78 is 2.47. The Balaban J connectivity index is 2.17. The van der Waals surface area contributed by atoms with Crippen LogP contribution in [0.15, 0.2) is 49.3 Å². The molecule has 0 unspecified atom stereocenters. The van der Waals surface area contributed by atoms with Gasteiger partial charge in [-0.3, -0.25) is 9.59 Å². The molecule has 0 bridgehead atoms. The molecule has 0 aliphatic heterocycles. The van der Waals surface area contributed by atoms with E-state index in [1.807, 2.05) is 13.8 Å². The maximum absolute atomic E-state index is 12.2. The first-order valence-electron chi connectivity index (χ1n) is 7.04. The molecular weight excluding hydrogens is 442 g/mol. The molecule has 2 N–H and O–H groups in total. The number of hydrogen-bond acceptors (Lipinski definition) is 4. The van der Waals surface area contributed by atoms with Crippen molar-refractivity contribution in [2.45, 2.75) is 19.9 Å². The third-order valence-electron chi connectivity index (χ3n) is 3.19. The number of carbonyl (C=O) groups excluding carboxylic acids is 1. The van der Waals surface area contributed by atoms with Crippen LogP contribution >= 0.6 is 31.9 Å². The number of amides is 1. The zero-order valence-electron chi connectivity index (χ0n) is 13.0. The SMILES string of the molecule is CC(C)n1cccc(C(=O)N/N=C\c2cc(Br)c(O)c(Br)c2)c1=O. The number of carbonyl (C=O) groups is 1. The summed E-state index contributed by atoms with van der Waals surface area (Å²) in [4.78, 5) is 24.3. The Morgan fingerprint density at radius 3 is 2.54 bits per heavy atom. The molecule has 24 heavy (non-hydrogen) atoms. The summed E-state index contributed by atoms with van der Waals surface area (Å²) in [6.07, 6.45) is 3.05. The Labute approximate surface area is 155 Å². The Bertz CT molecular complexity index is 837. The fraction of sp³-hybridized carbons (Fsp3) is 0.188. The summed E-state index contributed by atoms with van der Waals surface area (Å²) in [6, 6.07) is 6.35. The minimum Gasteiger partial charge on any atom is -0.506 e. The van der Waals surface area contributed by atoms with Crippen LogP contribution in [0.25, 0.3) is 0 Å². The lowest BCUT2D eigenvalue weighted by Gasteiger charge is -2.10. The maximum atomic E-state index is 12.2. The first-order chi connectivity index (χ1) is 11.3. The highest BCUT2D eigenvalue weighted by Gasteiger charge is 2.12. The molecule has 0 saturated heterocycles. The average molecular weight is 457 g/mol. The van der Waals surface area contributed by atoms with Gasteiger partial charge >= 0.3 is 0 Å². The number of pyridine rings is 1. The second-order valence-electron chi connectivity index (χ2n) is 5.26. The van der Waals surface area contributed by atoms with E-state index in [0.717, 1.165) is 0 Å². The van der Waals surface area contributed by atoms with Crippen LogP contribution in [0.1, 0.15) is 35.8 Å². The molecule has 0 aliphatic rings. The molecule has 8 heteroatoms. The van der Waals surface area contributed by atoms with Gasteiger partial charge in [0, 0.05) is 12.2 Å². The molecule has 0 radical (unpaired) electrons. The maximum Gasteiger partial charge on any atom is 0.276 e. The molecule has 1 amide bonds. The van der Waals surface area contributed by atoms with Crippen LogP contribution in [0.2, 0.25) is 0 Å². The van der Waals surface area contributed by atoms with Crippen LogP contribution in [-0.4, -0.2) is 21.8 Å². The van der Waals surface area contributed by atoms with Gasteiger partial charge < -0.3 is 9.67 Å². The molecule has 1 aromatic carbocycles. The van der Waals surface area contributed by atoms with Crippen LogP contribution in [0, 0.1) is 0 Å². The van der Waals surface area contributed by atoms with E-state index in [1.165, 1.54) is 16.8 Å². The molecule has 2 aromatic rings. The third-order valence-corrected chi connectivity index (χ3v) is 4.40. The van der Waals surface area contributed by atoms with E-state index in [4.69, 9.17) is 0 Å². The lowest BCUT2D eigenvalue weighted by atomic mass is 10.2. The summed E-state index contributed by atoms with van der Waals surface area (Å²) in [5.41, 5.74) is 2.64. The number of hydrazone groups is 1. The van der Waals surface area contributed by atoms with Gasteiger partial charge in [0.25, 0.3) is 11.5 Å². The van der Waals surface area contributed by atoms with E-state index in [9.17, 15) is 14.7 Å².